The number of hydrogen-bond acceptors (Lipinski definition) is 4. The number of alkyl halides is 3. The number of aromatic nitrogens is 1. The molecule has 0 atom stereocenters. The second-order valence-electron chi connectivity index (χ2n) is 6.84. The number of hydrogen-bond donors (Lipinski definition) is 1. The van der Waals surface area contributed by atoms with E-state index in [1.807, 2.05) is 6.92 Å². The molecule has 162 valence electrons. The van der Waals surface area contributed by atoms with Crippen molar-refractivity contribution < 1.29 is 32.3 Å². The predicted octanol–water partition coefficient (Wildman–Crippen LogP) is 4.17. The zero-order valence-corrected chi connectivity index (χ0v) is 17.1. The molecule has 0 bridgehead atoms. The summed E-state index contributed by atoms with van der Waals surface area (Å²) in [5.74, 6) is -1.54. The van der Waals surface area contributed by atoms with Crippen LogP contribution in [0.15, 0.2) is 24.3 Å². The number of benzene rings is 1. The molecule has 0 spiro atoms. The minimum absolute atomic E-state index is 0.0574. The Kier molecular flexibility index (Phi) is 7.07. The number of nitrogens with zero attached hydrogens (tertiary/aromatic N) is 1. The Hall–Kier alpha value is -3.10. The molecule has 0 aliphatic rings. The third kappa shape index (κ3) is 4.90. The van der Waals surface area contributed by atoms with Crippen LogP contribution >= 0.6 is 0 Å². The van der Waals surface area contributed by atoms with Crippen LogP contribution < -0.4 is 0 Å². The average Bonchev–Trinajstić information content (AvgIpc) is 3.00. The number of halogens is 3. The second kappa shape index (κ2) is 9.15. The van der Waals surface area contributed by atoms with Gasteiger partial charge in [-0.15, -0.1) is 0 Å². The highest BCUT2D eigenvalue weighted by molar-refractivity contribution is 6.05. The molecule has 1 aromatic carbocycles. The van der Waals surface area contributed by atoms with Crippen LogP contribution in [0.2, 0.25) is 0 Å². The maximum Gasteiger partial charge on any atom is 0.416 e. The Morgan fingerprint density at radius 2 is 1.70 bits per heavy atom. The van der Waals surface area contributed by atoms with E-state index in [9.17, 15) is 27.6 Å². The number of ketones is 1. The van der Waals surface area contributed by atoms with Gasteiger partial charge in [-0.3, -0.25) is 9.59 Å². The quantitative estimate of drug-likeness (QED) is 0.534. The van der Waals surface area contributed by atoms with E-state index >= 15 is 0 Å². The maximum absolute atomic E-state index is 12.9. The van der Waals surface area contributed by atoms with Gasteiger partial charge in [0.05, 0.1) is 19.2 Å². The SMILES string of the molecule is CCCN(CC(=O)c1c(C)[nH]c(C(=O)OC)c1C)C(=O)c1ccc(C(F)(F)F)cc1. The number of aryl methyl sites for hydroxylation is 1. The molecule has 1 N–H and O–H groups in total. The first-order valence-electron chi connectivity index (χ1n) is 9.28. The molecule has 30 heavy (non-hydrogen) atoms. The molecule has 1 heterocycles. The Morgan fingerprint density at radius 1 is 1.10 bits per heavy atom. The van der Waals surface area contributed by atoms with Crippen molar-refractivity contribution in [3.8, 4) is 0 Å². The number of H-pyrrole nitrogens is 1. The normalized spacial score (nSPS) is 11.3. The minimum Gasteiger partial charge on any atom is -0.464 e. The molecule has 0 fully saturated rings. The lowest BCUT2D eigenvalue weighted by molar-refractivity contribution is -0.137. The standard InChI is InChI=1S/C21H23F3N2O4/c1-5-10-26(19(28)14-6-8-15(9-7-14)21(22,23)24)11-16(27)17-12(2)18(20(29)30-4)25-13(17)3/h6-9,25H,5,10-11H2,1-4H3. The highest BCUT2D eigenvalue weighted by atomic mass is 19.4. The van der Waals surface area contributed by atoms with Gasteiger partial charge >= 0.3 is 12.1 Å². The molecule has 2 rings (SSSR count). The molecule has 0 aliphatic carbocycles. The fraction of sp³-hybridized carbons (Fsp3) is 0.381. The number of aromatic amines is 1. The van der Waals surface area contributed by atoms with Crippen LogP contribution in [0.3, 0.4) is 0 Å². The van der Waals surface area contributed by atoms with E-state index in [1.54, 1.807) is 13.8 Å². The molecule has 0 radical (unpaired) electrons. The smallest absolute Gasteiger partial charge is 0.416 e. The van der Waals surface area contributed by atoms with Crippen molar-refractivity contribution in [1.29, 1.82) is 0 Å². The summed E-state index contributed by atoms with van der Waals surface area (Å²) in [6.45, 7) is 5.03. The van der Waals surface area contributed by atoms with Crippen molar-refractivity contribution in [1.82, 2.24) is 9.88 Å². The van der Waals surface area contributed by atoms with E-state index in [2.05, 4.69) is 9.72 Å². The molecule has 9 heteroatoms. The number of methoxy groups -OCH3 is 1. The van der Waals surface area contributed by atoms with E-state index in [0.29, 0.717) is 17.7 Å². The summed E-state index contributed by atoms with van der Waals surface area (Å²) in [5.41, 5.74) is 0.540. The number of carbonyl (C=O) groups is 3. The van der Waals surface area contributed by atoms with Crippen molar-refractivity contribution in [3.05, 3.63) is 57.9 Å². The lowest BCUT2D eigenvalue weighted by Gasteiger charge is -2.22. The number of esters is 1. The molecular formula is C21H23F3N2O4. The van der Waals surface area contributed by atoms with Crippen molar-refractivity contribution in [2.24, 2.45) is 0 Å². The van der Waals surface area contributed by atoms with Gasteiger partial charge in [0.15, 0.2) is 5.78 Å². The monoisotopic (exact) mass is 424 g/mol. The van der Waals surface area contributed by atoms with Crippen molar-refractivity contribution in [2.75, 3.05) is 20.2 Å². The van der Waals surface area contributed by atoms with E-state index in [4.69, 9.17) is 0 Å². The molecule has 2 aromatic rings. The van der Waals surface area contributed by atoms with Gasteiger partial charge in [-0.2, -0.15) is 13.2 Å². The number of nitrogens with one attached hydrogen (secondary N) is 1. The van der Waals surface area contributed by atoms with Crippen molar-refractivity contribution in [3.63, 3.8) is 0 Å². The minimum atomic E-state index is -4.50. The number of ether oxygens (including phenoxy) is 1. The molecule has 1 amide bonds. The topological polar surface area (TPSA) is 79.5 Å². The van der Waals surface area contributed by atoms with Crippen LogP contribution in [0.1, 0.15) is 61.4 Å². The fourth-order valence-electron chi connectivity index (χ4n) is 3.23. The Bertz CT molecular complexity index is 946. The molecule has 1 aromatic heterocycles. The molecule has 6 nitrogen and oxygen atoms in total. The van der Waals surface area contributed by atoms with E-state index in [0.717, 1.165) is 24.3 Å². The van der Waals surface area contributed by atoms with E-state index < -0.39 is 23.6 Å². The van der Waals surface area contributed by atoms with Crippen LogP contribution in [-0.4, -0.2) is 47.7 Å². The number of Topliss-reactive ketones (excluding diaryl/α,β-unsaturated/α-hetero) is 1. The maximum atomic E-state index is 12.9. The Morgan fingerprint density at radius 3 is 2.20 bits per heavy atom. The van der Waals surface area contributed by atoms with Crippen LogP contribution in [0, 0.1) is 13.8 Å². The van der Waals surface area contributed by atoms with Crippen LogP contribution in [0.25, 0.3) is 0 Å². The van der Waals surface area contributed by atoms with Gasteiger partial charge in [0.25, 0.3) is 5.91 Å². The van der Waals surface area contributed by atoms with Crippen molar-refractivity contribution in [2.45, 2.75) is 33.4 Å². The molecule has 0 unspecified atom stereocenters. The van der Waals surface area contributed by atoms with Gasteiger partial charge in [-0.05, 0) is 50.1 Å². The van der Waals surface area contributed by atoms with Gasteiger partial charge in [0, 0.05) is 23.4 Å². The molecule has 0 aliphatic heterocycles. The third-order valence-corrected chi connectivity index (χ3v) is 4.68. The number of rotatable bonds is 7. The highest BCUT2D eigenvalue weighted by Crippen LogP contribution is 2.29. The van der Waals surface area contributed by atoms with Gasteiger partial charge in [0.2, 0.25) is 0 Å². The largest absolute Gasteiger partial charge is 0.464 e. The summed E-state index contributed by atoms with van der Waals surface area (Å²) in [4.78, 5) is 41.6. The first-order chi connectivity index (χ1) is 14.0. The van der Waals surface area contributed by atoms with Gasteiger partial charge < -0.3 is 14.6 Å². The summed E-state index contributed by atoms with van der Waals surface area (Å²) in [7, 11) is 1.23. The summed E-state index contributed by atoms with van der Waals surface area (Å²) in [6, 6.07) is 3.87. The average molecular weight is 424 g/mol. The van der Waals surface area contributed by atoms with Crippen molar-refractivity contribution >= 4 is 17.7 Å². The number of carbonyl (C=O) groups excluding carboxylic acids is 3. The summed E-state index contributed by atoms with van der Waals surface area (Å²) >= 11 is 0. The first-order valence-corrected chi connectivity index (χ1v) is 9.28. The van der Waals surface area contributed by atoms with E-state index in [-0.39, 0.29) is 35.7 Å². The Labute approximate surface area is 172 Å². The zero-order chi connectivity index (χ0) is 22.6. The lowest BCUT2D eigenvalue weighted by atomic mass is 10.0. The number of amides is 1. The van der Waals surface area contributed by atoms with Gasteiger partial charge in [-0.25, -0.2) is 4.79 Å². The highest BCUT2D eigenvalue weighted by Gasteiger charge is 2.31. The summed E-state index contributed by atoms with van der Waals surface area (Å²) < 4.78 is 42.9. The fourth-order valence-corrected chi connectivity index (χ4v) is 3.23. The predicted molar refractivity (Wildman–Crippen MR) is 104 cm³/mol. The van der Waals surface area contributed by atoms with Crippen LogP contribution in [0.5, 0.6) is 0 Å². The lowest BCUT2D eigenvalue weighted by Crippen LogP contribution is -2.36. The molecule has 0 saturated carbocycles. The van der Waals surface area contributed by atoms with Crippen LogP contribution in [0.4, 0.5) is 13.2 Å². The zero-order valence-electron chi connectivity index (χ0n) is 17.1. The first kappa shape index (κ1) is 23.2. The van der Waals surface area contributed by atoms with E-state index in [1.165, 1.54) is 12.0 Å². The molecular weight excluding hydrogens is 401 g/mol. The Balaban J connectivity index is 2.27. The molecule has 0 saturated heterocycles. The van der Waals surface area contributed by atoms with Crippen LogP contribution in [-0.2, 0) is 10.9 Å². The summed E-state index contributed by atoms with van der Waals surface area (Å²) in [6.07, 6.45) is -3.94. The van der Waals surface area contributed by atoms with Gasteiger partial charge in [-0.1, -0.05) is 6.92 Å². The summed E-state index contributed by atoms with van der Waals surface area (Å²) in [5, 5.41) is 0. The third-order valence-electron chi connectivity index (χ3n) is 4.68. The second-order valence-corrected chi connectivity index (χ2v) is 6.84. The van der Waals surface area contributed by atoms with Gasteiger partial charge in [0.1, 0.15) is 5.69 Å².